The number of benzene rings is 2. The number of carbonyl (C=O) groups is 1. The lowest BCUT2D eigenvalue weighted by Gasteiger charge is -2.29. The Balaban J connectivity index is 1.62. The predicted octanol–water partition coefficient (Wildman–Crippen LogP) is 4.03. The summed E-state index contributed by atoms with van der Waals surface area (Å²) in [7, 11) is -3.82. The molecule has 1 fully saturated rings. The standard InChI is InChI=1S/C21H22Cl2N2O4S/c1-2-29-16-6-3-13-7-8-25(12-14(13)9-16)21(26)17-10-20(19(23)11-18(17)22)30(27,28)24-15-4-5-15/h3,6,9-11,15,24H,2,4-5,7-8,12H2,1H3. The SMILES string of the molecule is CCOc1ccc2c(c1)CN(C(=O)c1cc(S(=O)(=O)NC3CC3)c(Cl)cc1Cl)CC2. The number of halogens is 2. The van der Waals surface area contributed by atoms with E-state index in [1.54, 1.807) is 4.90 Å². The van der Waals surface area contributed by atoms with Crippen LogP contribution in [0.2, 0.25) is 10.0 Å². The first kappa shape index (κ1) is 21.4. The van der Waals surface area contributed by atoms with Gasteiger partial charge in [0.15, 0.2) is 0 Å². The van der Waals surface area contributed by atoms with Crippen LogP contribution in [0.15, 0.2) is 35.2 Å². The zero-order valence-corrected chi connectivity index (χ0v) is 18.8. The van der Waals surface area contributed by atoms with Crippen LogP contribution < -0.4 is 9.46 Å². The fraction of sp³-hybridized carbons (Fsp3) is 0.381. The Labute approximate surface area is 186 Å². The van der Waals surface area contributed by atoms with Gasteiger partial charge in [-0.05, 0) is 61.6 Å². The third-order valence-electron chi connectivity index (χ3n) is 5.23. The molecular weight excluding hydrogens is 447 g/mol. The van der Waals surface area contributed by atoms with E-state index in [-0.39, 0.29) is 32.5 Å². The molecule has 0 spiro atoms. The first-order chi connectivity index (χ1) is 14.3. The number of nitrogens with one attached hydrogen (secondary N) is 1. The highest BCUT2D eigenvalue weighted by atomic mass is 35.5. The maximum Gasteiger partial charge on any atom is 0.255 e. The summed E-state index contributed by atoms with van der Waals surface area (Å²) < 4.78 is 33.5. The highest BCUT2D eigenvalue weighted by molar-refractivity contribution is 7.89. The van der Waals surface area contributed by atoms with E-state index >= 15 is 0 Å². The zero-order valence-electron chi connectivity index (χ0n) is 16.5. The lowest BCUT2D eigenvalue weighted by Crippen LogP contribution is -2.36. The summed E-state index contributed by atoms with van der Waals surface area (Å²) in [5.41, 5.74) is 2.30. The molecule has 6 nitrogen and oxygen atoms in total. The monoisotopic (exact) mass is 468 g/mol. The van der Waals surface area contributed by atoms with Crippen LogP contribution >= 0.6 is 23.2 Å². The number of fused-ring (bicyclic) bond motifs is 1. The van der Waals surface area contributed by atoms with Gasteiger partial charge < -0.3 is 9.64 Å². The highest BCUT2D eigenvalue weighted by Crippen LogP contribution is 2.32. The Bertz CT molecular complexity index is 1100. The van der Waals surface area contributed by atoms with E-state index in [0.29, 0.717) is 26.1 Å². The van der Waals surface area contributed by atoms with Gasteiger partial charge in [-0.2, -0.15) is 0 Å². The Morgan fingerprint density at radius 3 is 2.63 bits per heavy atom. The number of amides is 1. The van der Waals surface area contributed by atoms with Gasteiger partial charge in [0.05, 0.1) is 22.2 Å². The lowest BCUT2D eigenvalue weighted by atomic mass is 9.99. The maximum atomic E-state index is 13.2. The summed E-state index contributed by atoms with van der Waals surface area (Å²) in [4.78, 5) is 14.8. The fourth-order valence-corrected chi connectivity index (χ4v) is 5.68. The summed E-state index contributed by atoms with van der Waals surface area (Å²) in [5, 5.41) is 0.124. The molecule has 1 saturated carbocycles. The molecule has 2 aromatic rings. The first-order valence-electron chi connectivity index (χ1n) is 9.83. The van der Waals surface area contributed by atoms with E-state index in [1.807, 2.05) is 25.1 Å². The van der Waals surface area contributed by atoms with Gasteiger partial charge in [-0.3, -0.25) is 4.79 Å². The average molecular weight is 469 g/mol. The van der Waals surface area contributed by atoms with Crippen LogP contribution in [-0.2, 0) is 23.0 Å². The number of rotatable bonds is 6. The van der Waals surface area contributed by atoms with Gasteiger partial charge in [0.2, 0.25) is 10.0 Å². The van der Waals surface area contributed by atoms with Gasteiger partial charge >= 0.3 is 0 Å². The van der Waals surface area contributed by atoms with Gasteiger partial charge in [-0.25, -0.2) is 13.1 Å². The summed E-state index contributed by atoms with van der Waals surface area (Å²) in [6.07, 6.45) is 2.30. The molecule has 0 atom stereocenters. The van der Waals surface area contributed by atoms with Crippen LogP contribution in [0.1, 0.15) is 41.3 Å². The first-order valence-corrected chi connectivity index (χ1v) is 12.1. The normalized spacial score (nSPS) is 16.3. The third-order valence-corrected chi connectivity index (χ3v) is 7.53. The Morgan fingerprint density at radius 2 is 1.93 bits per heavy atom. The van der Waals surface area contributed by atoms with Crippen molar-refractivity contribution in [1.29, 1.82) is 0 Å². The molecule has 1 N–H and O–H groups in total. The number of hydrogen-bond donors (Lipinski definition) is 1. The van der Waals surface area contributed by atoms with Gasteiger partial charge in [-0.1, -0.05) is 29.3 Å². The molecule has 0 unspecified atom stereocenters. The maximum absolute atomic E-state index is 13.2. The average Bonchev–Trinajstić information content (AvgIpc) is 3.50. The molecule has 0 bridgehead atoms. The summed E-state index contributed by atoms with van der Waals surface area (Å²) in [6.45, 7) is 3.40. The van der Waals surface area contributed by atoms with Crippen molar-refractivity contribution in [1.82, 2.24) is 9.62 Å². The molecule has 4 rings (SSSR count). The Morgan fingerprint density at radius 1 is 1.17 bits per heavy atom. The number of ether oxygens (including phenoxy) is 1. The number of nitrogens with zero attached hydrogens (tertiary/aromatic N) is 1. The van der Waals surface area contributed by atoms with Gasteiger partial charge in [0, 0.05) is 19.1 Å². The molecule has 1 amide bonds. The van der Waals surface area contributed by atoms with Crippen molar-refractivity contribution in [2.75, 3.05) is 13.2 Å². The Kier molecular flexibility index (Phi) is 5.99. The topological polar surface area (TPSA) is 75.7 Å². The molecule has 0 aromatic heterocycles. The van der Waals surface area contributed by atoms with Crippen LogP contribution in [0, 0.1) is 0 Å². The molecule has 1 heterocycles. The number of carbonyl (C=O) groups excluding carboxylic acids is 1. The highest BCUT2D eigenvalue weighted by Gasteiger charge is 2.31. The van der Waals surface area contributed by atoms with Crippen molar-refractivity contribution in [3.05, 3.63) is 57.1 Å². The van der Waals surface area contributed by atoms with Crippen molar-refractivity contribution in [3.8, 4) is 5.75 Å². The predicted molar refractivity (Wildman–Crippen MR) is 116 cm³/mol. The summed E-state index contributed by atoms with van der Waals surface area (Å²) in [5.74, 6) is 0.432. The minimum absolute atomic E-state index is 0.00459. The molecular formula is C21H22Cl2N2O4S. The largest absolute Gasteiger partial charge is 0.494 e. The van der Waals surface area contributed by atoms with E-state index in [4.69, 9.17) is 27.9 Å². The summed E-state index contributed by atoms with van der Waals surface area (Å²) in [6, 6.07) is 8.43. The van der Waals surface area contributed by atoms with Crippen molar-refractivity contribution in [3.63, 3.8) is 0 Å². The lowest BCUT2D eigenvalue weighted by molar-refractivity contribution is 0.0734. The van der Waals surface area contributed by atoms with Gasteiger partial charge in [-0.15, -0.1) is 0 Å². The van der Waals surface area contributed by atoms with Gasteiger partial charge in [0.25, 0.3) is 5.91 Å². The van der Waals surface area contributed by atoms with E-state index in [0.717, 1.165) is 24.2 Å². The minimum Gasteiger partial charge on any atom is -0.494 e. The molecule has 0 radical (unpaired) electrons. The quantitative estimate of drug-likeness (QED) is 0.693. The molecule has 2 aliphatic rings. The molecule has 160 valence electrons. The minimum atomic E-state index is -3.82. The van der Waals surface area contributed by atoms with Crippen LogP contribution in [0.5, 0.6) is 5.75 Å². The molecule has 1 aliphatic heterocycles. The fourth-order valence-electron chi connectivity index (χ4n) is 3.52. The molecule has 0 saturated heterocycles. The van der Waals surface area contributed by atoms with Crippen LogP contribution in [0.25, 0.3) is 0 Å². The second kappa shape index (κ2) is 8.38. The van der Waals surface area contributed by atoms with E-state index in [9.17, 15) is 13.2 Å². The second-order valence-electron chi connectivity index (χ2n) is 7.50. The molecule has 2 aromatic carbocycles. The van der Waals surface area contributed by atoms with Gasteiger partial charge in [0.1, 0.15) is 10.6 Å². The molecule has 30 heavy (non-hydrogen) atoms. The number of sulfonamides is 1. The molecule has 9 heteroatoms. The van der Waals surface area contributed by atoms with E-state index in [2.05, 4.69) is 4.72 Å². The van der Waals surface area contributed by atoms with Crippen LogP contribution in [0.3, 0.4) is 0 Å². The van der Waals surface area contributed by atoms with Crippen molar-refractivity contribution in [2.45, 2.75) is 43.7 Å². The summed E-state index contributed by atoms with van der Waals surface area (Å²) >= 11 is 12.4. The molecule has 1 aliphatic carbocycles. The third kappa shape index (κ3) is 4.44. The van der Waals surface area contributed by atoms with Crippen molar-refractivity contribution < 1.29 is 17.9 Å². The smallest absolute Gasteiger partial charge is 0.255 e. The Hall–Kier alpha value is -1.80. The number of hydrogen-bond acceptors (Lipinski definition) is 4. The van der Waals surface area contributed by atoms with E-state index < -0.39 is 10.0 Å². The van der Waals surface area contributed by atoms with Crippen LogP contribution in [-0.4, -0.2) is 38.4 Å². The van der Waals surface area contributed by atoms with Crippen LogP contribution in [0.4, 0.5) is 0 Å². The zero-order chi connectivity index (χ0) is 21.5. The van der Waals surface area contributed by atoms with Crippen molar-refractivity contribution in [2.24, 2.45) is 0 Å². The second-order valence-corrected chi connectivity index (χ2v) is 10.00. The van der Waals surface area contributed by atoms with Crippen molar-refractivity contribution >= 4 is 39.1 Å². The van der Waals surface area contributed by atoms with E-state index in [1.165, 1.54) is 17.7 Å².